The average molecular weight is 233 g/mol. The zero-order chi connectivity index (χ0) is 12.5. The van der Waals surface area contributed by atoms with Gasteiger partial charge in [0, 0.05) is 25.5 Å². The molecule has 1 amide bonds. The third kappa shape index (κ3) is 2.57. The smallest absolute Gasteiger partial charge is 0.320 e. The van der Waals surface area contributed by atoms with Crippen LogP contribution in [0.5, 0.6) is 0 Å². The van der Waals surface area contributed by atoms with Crippen LogP contribution < -0.4 is 0 Å². The zero-order valence-electron chi connectivity index (χ0n) is 10.7. The minimum Gasteiger partial charge on any atom is -0.320 e. The number of amides is 1. The van der Waals surface area contributed by atoms with Gasteiger partial charge in [-0.1, -0.05) is 32.4 Å². The van der Waals surface area contributed by atoms with Crippen LogP contribution in [0.1, 0.15) is 27.2 Å². The zero-order valence-corrected chi connectivity index (χ0v) is 10.7. The summed E-state index contributed by atoms with van der Waals surface area (Å²) in [7, 11) is 0. The molecule has 0 aliphatic carbocycles. The molecule has 0 aromatic carbocycles. The molecule has 1 aliphatic rings. The van der Waals surface area contributed by atoms with Crippen LogP contribution in [0.25, 0.3) is 0 Å². The number of hydrogen-bond donors (Lipinski definition) is 0. The molecule has 0 saturated carbocycles. The summed E-state index contributed by atoms with van der Waals surface area (Å²) in [5, 5.41) is 0. The van der Waals surface area contributed by atoms with Gasteiger partial charge in [0.1, 0.15) is 6.33 Å². The van der Waals surface area contributed by atoms with Gasteiger partial charge in [0.2, 0.25) is 0 Å². The van der Waals surface area contributed by atoms with E-state index in [1.54, 1.807) is 18.7 Å². The highest BCUT2D eigenvalue weighted by Crippen LogP contribution is 2.30. The van der Waals surface area contributed by atoms with E-state index >= 15 is 0 Å². The minimum atomic E-state index is 0.00621. The van der Waals surface area contributed by atoms with Crippen molar-refractivity contribution in [3.8, 4) is 0 Å². The lowest BCUT2D eigenvalue weighted by Gasteiger charge is -2.32. The second-order valence-electron chi connectivity index (χ2n) is 5.43. The molecule has 1 aromatic heterocycles. The van der Waals surface area contributed by atoms with E-state index in [1.807, 2.05) is 4.90 Å². The Morgan fingerprint density at radius 1 is 1.41 bits per heavy atom. The Balaban J connectivity index is 2.05. The van der Waals surface area contributed by atoms with Crippen molar-refractivity contribution in [1.82, 2.24) is 14.5 Å². The fourth-order valence-corrected chi connectivity index (χ4v) is 2.06. The molecular weight excluding hydrogens is 214 g/mol. The number of imidazole rings is 1. The summed E-state index contributed by atoms with van der Waals surface area (Å²) in [6, 6.07) is 0.00621. The first-order valence-corrected chi connectivity index (χ1v) is 5.95. The van der Waals surface area contributed by atoms with Crippen LogP contribution in [0.2, 0.25) is 0 Å². The predicted molar refractivity (Wildman–Crippen MR) is 66.7 cm³/mol. The van der Waals surface area contributed by atoms with E-state index in [-0.39, 0.29) is 11.4 Å². The topological polar surface area (TPSA) is 38.1 Å². The molecule has 0 fully saturated rings. The lowest BCUT2D eigenvalue weighted by Crippen LogP contribution is -2.38. The number of rotatable bonds is 0. The molecule has 0 N–H and O–H groups in total. The lowest BCUT2D eigenvalue weighted by atomic mass is 9.83. The normalized spacial score (nSPS) is 16.9. The van der Waals surface area contributed by atoms with Crippen molar-refractivity contribution in [2.75, 3.05) is 13.1 Å². The number of hydrogen-bond acceptors (Lipinski definition) is 2. The van der Waals surface area contributed by atoms with E-state index in [0.717, 1.165) is 13.0 Å². The Bertz CT molecular complexity index is 426. The van der Waals surface area contributed by atoms with Gasteiger partial charge < -0.3 is 4.90 Å². The van der Waals surface area contributed by atoms with E-state index in [1.165, 1.54) is 10.1 Å². The molecule has 2 heterocycles. The van der Waals surface area contributed by atoms with Gasteiger partial charge in [-0.2, -0.15) is 0 Å². The highest BCUT2D eigenvalue weighted by atomic mass is 16.2. The number of nitrogens with zero attached hydrogens (tertiary/aromatic N) is 3. The molecule has 0 unspecified atom stereocenters. The summed E-state index contributed by atoms with van der Waals surface area (Å²) in [5.41, 5.74) is 1.65. The van der Waals surface area contributed by atoms with Gasteiger partial charge in [-0.05, 0) is 11.8 Å². The second-order valence-corrected chi connectivity index (χ2v) is 5.43. The van der Waals surface area contributed by atoms with Gasteiger partial charge >= 0.3 is 6.03 Å². The van der Waals surface area contributed by atoms with Gasteiger partial charge in [-0.15, -0.1) is 0 Å². The summed E-state index contributed by atoms with van der Waals surface area (Å²) in [6.45, 7) is 8.13. The van der Waals surface area contributed by atoms with Crippen LogP contribution in [0.15, 0.2) is 30.4 Å². The third-order valence-electron chi connectivity index (χ3n) is 3.17. The van der Waals surface area contributed by atoms with Crippen LogP contribution in [0, 0.1) is 5.41 Å². The molecule has 4 nitrogen and oxygen atoms in total. The minimum absolute atomic E-state index is 0.00621. The molecule has 17 heavy (non-hydrogen) atoms. The molecule has 4 heteroatoms. The Morgan fingerprint density at radius 2 is 2.18 bits per heavy atom. The highest BCUT2D eigenvalue weighted by molar-refractivity contribution is 5.77. The summed E-state index contributed by atoms with van der Waals surface area (Å²) in [5.74, 6) is 0. The molecule has 0 atom stereocenters. The first-order valence-electron chi connectivity index (χ1n) is 5.95. The lowest BCUT2D eigenvalue weighted by molar-refractivity contribution is 0.201. The van der Waals surface area contributed by atoms with Crippen molar-refractivity contribution in [3.63, 3.8) is 0 Å². The summed E-state index contributed by atoms with van der Waals surface area (Å²) in [6.07, 6.45) is 8.00. The number of carbonyl (C=O) groups is 1. The SMILES string of the molecule is CC(C)(C)C1=CCN(C(=O)n2ccnc2)CC1. The first-order chi connectivity index (χ1) is 7.98. The van der Waals surface area contributed by atoms with Crippen molar-refractivity contribution in [1.29, 1.82) is 0 Å². The van der Waals surface area contributed by atoms with Crippen molar-refractivity contribution in [2.24, 2.45) is 5.41 Å². The van der Waals surface area contributed by atoms with Gasteiger partial charge in [-0.3, -0.25) is 4.57 Å². The maximum atomic E-state index is 12.0. The van der Waals surface area contributed by atoms with Crippen LogP contribution in [0.3, 0.4) is 0 Å². The fourth-order valence-electron chi connectivity index (χ4n) is 2.06. The molecule has 2 rings (SSSR count). The molecule has 0 bridgehead atoms. The van der Waals surface area contributed by atoms with E-state index in [4.69, 9.17) is 0 Å². The maximum absolute atomic E-state index is 12.0. The van der Waals surface area contributed by atoms with E-state index in [9.17, 15) is 4.79 Å². The predicted octanol–water partition coefficient (Wildman–Crippen LogP) is 2.53. The Kier molecular flexibility index (Phi) is 3.05. The second kappa shape index (κ2) is 4.35. The van der Waals surface area contributed by atoms with Crippen molar-refractivity contribution >= 4 is 6.03 Å². The maximum Gasteiger partial charge on any atom is 0.329 e. The Morgan fingerprint density at radius 3 is 2.65 bits per heavy atom. The molecular formula is C13H19N3O. The molecule has 0 saturated heterocycles. The third-order valence-corrected chi connectivity index (χ3v) is 3.17. The van der Waals surface area contributed by atoms with Crippen LogP contribution in [0.4, 0.5) is 4.79 Å². The first kappa shape index (κ1) is 11.9. The van der Waals surface area contributed by atoms with Crippen molar-refractivity contribution < 1.29 is 4.79 Å². The average Bonchev–Trinajstić information content (AvgIpc) is 2.80. The molecule has 1 aromatic rings. The van der Waals surface area contributed by atoms with E-state index in [0.29, 0.717) is 6.54 Å². The Hall–Kier alpha value is -1.58. The van der Waals surface area contributed by atoms with Gasteiger partial charge in [0.15, 0.2) is 0 Å². The van der Waals surface area contributed by atoms with Crippen LogP contribution in [-0.4, -0.2) is 33.6 Å². The van der Waals surface area contributed by atoms with Crippen LogP contribution in [-0.2, 0) is 0 Å². The number of carbonyl (C=O) groups excluding carboxylic acids is 1. The van der Waals surface area contributed by atoms with Gasteiger partial charge in [0.25, 0.3) is 0 Å². The van der Waals surface area contributed by atoms with Crippen LogP contribution >= 0.6 is 0 Å². The van der Waals surface area contributed by atoms with Crippen molar-refractivity contribution in [3.05, 3.63) is 30.4 Å². The molecule has 92 valence electrons. The quantitative estimate of drug-likeness (QED) is 0.646. The molecule has 0 radical (unpaired) electrons. The van der Waals surface area contributed by atoms with E-state index in [2.05, 4.69) is 31.8 Å². The van der Waals surface area contributed by atoms with Gasteiger partial charge in [-0.25, -0.2) is 9.78 Å². The fraction of sp³-hybridized carbons (Fsp3) is 0.538. The Labute approximate surface area is 102 Å². The summed E-state index contributed by atoms with van der Waals surface area (Å²) < 4.78 is 1.52. The summed E-state index contributed by atoms with van der Waals surface area (Å²) >= 11 is 0. The standard InChI is InChI=1S/C13H19N3O/c1-13(2,3)11-4-7-15(8-5-11)12(17)16-9-6-14-10-16/h4,6,9-10H,5,7-8H2,1-3H3. The number of aromatic nitrogens is 2. The van der Waals surface area contributed by atoms with E-state index < -0.39 is 0 Å². The molecule has 1 aliphatic heterocycles. The monoisotopic (exact) mass is 233 g/mol. The van der Waals surface area contributed by atoms with Gasteiger partial charge in [0.05, 0.1) is 0 Å². The largest absolute Gasteiger partial charge is 0.329 e. The molecule has 0 spiro atoms. The van der Waals surface area contributed by atoms with Crippen molar-refractivity contribution in [2.45, 2.75) is 27.2 Å². The summed E-state index contributed by atoms with van der Waals surface area (Å²) in [4.78, 5) is 17.8. The highest BCUT2D eigenvalue weighted by Gasteiger charge is 2.23.